The zero-order valence-corrected chi connectivity index (χ0v) is 21.0. The highest BCUT2D eigenvalue weighted by Gasteiger charge is 2.21. The molecule has 0 saturated heterocycles. The van der Waals surface area contributed by atoms with Crippen molar-refractivity contribution in [1.29, 1.82) is 0 Å². The minimum Gasteiger partial charge on any atom is -0.481 e. The summed E-state index contributed by atoms with van der Waals surface area (Å²) in [5.74, 6) is 0.299. The van der Waals surface area contributed by atoms with Gasteiger partial charge in [0, 0.05) is 17.2 Å². The van der Waals surface area contributed by atoms with Gasteiger partial charge in [0.25, 0.3) is 5.56 Å². The van der Waals surface area contributed by atoms with Crippen LogP contribution in [0.4, 0.5) is 5.69 Å². The predicted octanol–water partition coefficient (Wildman–Crippen LogP) is 6.39. The third-order valence-corrected chi connectivity index (χ3v) is 6.14. The molecular formula is C29H21ClN4O4. The van der Waals surface area contributed by atoms with Crippen molar-refractivity contribution >= 4 is 34.4 Å². The number of nitro benzene ring substituents is 1. The van der Waals surface area contributed by atoms with Crippen LogP contribution in [0.1, 0.15) is 16.7 Å². The molecule has 0 aliphatic rings. The largest absolute Gasteiger partial charge is 0.481 e. The maximum atomic E-state index is 13.3. The molecule has 188 valence electrons. The Kier molecular flexibility index (Phi) is 6.97. The lowest BCUT2D eigenvalue weighted by Gasteiger charge is -2.11. The molecule has 0 unspecified atom stereocenters. The number of ether oxygens (including phenoxy) is 1. The van der Waals surface area contributed by atoms with E-state index in [1.165, 1.54) is 23.0 Å². The monoisotopic (exact) mass is 524 g/mol. The number of fused-ring (bicyclic) bond motifs is 1. The van der Waals surface area contributed by atoms with Crippen LogP contribution < -0.4 is 10.3 Å². The first kappa shape index (κ1) is 24.9. The molecule has 0 aliphatic heterocycles. The van der Waals surface area contributed by atoms with Crippen molar-refractivity contribution in [3.05, 3.63) is 133 Å². The highest BCUT2D eigenvalue weighted by molar-refractivity contribution is 6.32. The smallest absolute Gasteiger partial charge is 0.313 e. The fraction of sp³-hybridized carbons (Fsp3) is 0.0690. The second-order valence-electron chi connectivity index (χ2n) is 8.56. The quantitative estimate of drug-likeness (QED) is 0.139. The zero-order valence-electron chi connectivity index (χ0n) is 20.2. The van der Waals surface area contributed by atoms with Crippen LogP contribution in [-0.2, 0) is 6.61 Å². The maximum absolute atomic E-state index is 13.3. The van der Waals surface area contributed by atoms with Gasteiger partial charge in [-0.25, -0.2) is 4.98 Å². The standard InChI is InChI=1S/C29H21ClN4O4/c1-19-11-13-20(14-12-19)18-38-27-24(30)15-21(16-26(27)34(36)37)17-31-33-28(22-7-3-2-4-8-22)32-25-10-6-5-9-23(25)29(33)35/h2-17H,18H2,1H3. The molecule has 0 saturated carbocycles. The minimum absolute atomic E-state index is 0.0381. The molecular weight excluding hydrogens is 504 g/mol. The average molecular weight is 525 g/mol. The number of para-hydroxylation sites is 1. The van der Waals surface area contributed by atoms with Crippen LogP contribution in [0, 0.1) is 17.0 Å². The third kappa shape index (κ3) is 5.16. The van der Waals surface area contributed by atoms with E-state index in [9.17, 15) is 14.9 Å². The second kappa shape index (κ2) is 10.7. The molecule has 9 heteroatoms. The van der Waals surface area contributed by atoms with Gasteiger partial charge in [-0.05, 0) is 30.7 Å². The third-order valence-electron chi connectivity index (χ3n) is 5.85. The van der Waals surface area contributed by atoms with Crippen LogP contribution >= 0.6 is 11.6 Å². The Morgan fingerprint density at radius 3 is 2.47 bits per heavy atom. The first-order chi connectivity index (χ1) is 18.4. The highest BCUT2D eigenvalue weighted by Crippen LogP contribution is 2.36. The van der Waals surface area contributed by atoms with Crippen molar-refractivity contribution in [2.75, 3.05) is 0 Å². The molecule has 0 fully saturated rings. The van der Waals surface area contributed by atoms with Gasteiger partial charge in [-0.1, -0.05) is 83.9 Å². The second-order valence-corrected chi connectivity index (χ2v) is 8.97. The number of benzene rings is 4. The van der Waals surface area contributed by atoms with E-state index in [2.05, 4.69) is 10.1 Å². The van der Waals surface area contributed by atoms with Gasteiger partial charge in [0.15, 0.2) is 5.82 Å². The number of aryl methyl sites for hydroxylation is 1. The van der Waals surface area contributed by atoms with Crippen LogP contribution in [0.2, 0.25) is 5.02 Å². The number of hydrogen-bond acceptors (Lipinski definition) is 6. The van der Waals surface area contributed by atoms with Crippen LogP contribution in [0.5, 0.6) is 5.75 Å². The summed E-state index contributed by atoms with van der Waals surface area (Å²) < 4.78 is 6.91. The van der Waals surface area contributed by atoms with Gasteiger partial charge in [0.1, 0.15) is 6.61 Å². The number of aromatic nitrogens is 2. The fourth-order valence-electron chi connectivity index (χ4n) is 3.92. The molecule has 5 rings (SSSR count). The van der Waals surface area contributed by atoms with E-state index >= 15 is 0 Å². The van der Waals surface area contributed by atoms with Crippen molar-refractivity contribution in [1.82, 2.24) is 9.66 Å². The summed E-state index contributed by atoms with van der Waals surface area (Å²) in [5.41, 5.74) is 2.82. The van der Waals surface area contributed by atoms with Gasteiger partial charge in [-0.2, -0.15) is 9.78 Å². The molecule has 5 aromatic rings. The normalized spacial score (nSPS) is 11.2. The summed E-state index contributed by atoms with van der Waals surface area (Å²) in [6.07, 6.45) is 1.34. The SMILES string of the molecule is Cc1ccc(COc2c(Cl)cc(C=Nn3c(-c4ccccc4)nc4ccccc4c3=O)cc2[N+](=O)[O-])cc1. The molecule has 0 spiro atoms. The van der Waals surface area contributed by atoms with Gasteiger partial charge < -0.3 is 4.74 Å². The summed E-state index contributed by atoms with van der Waals surface area (Å²) >= 11 is 6.42. The van der Waals surface area contributed by atoms with E-state index in [0.29, 0.717) is 27.9 Å². The molecule has 0 aliphatic carbocycles. The first-order valence-corrected chi connectivity index (χ1v) is 12.1. The summed E-state index contributed by atoms with van der Waals surface area (Å²) in [7, 11) is 0. The molecule has 0 bridgehead atoms. The Bertz CT molecular complexity index is 1730. The van der Waals surface area contributed by atoms with E-state index in [1.807, 2.05) is 61.5 Å². The molecule has 8 nitrogen and oxygen atoms in total. The van der Waals surface area contributed by atoms with Gasteiger partial charge in [-0.3, -0.25) is 14.9 Å². The Morgan fingerprint density at radius 2 is 1.74 bits per heavy atom. The van der Waals surface area contributed by atoms with E-state index in [-0.39, 0.29) is 28.6 Å². The van der Waals surface area contributed by atoms with Crippen LogP contribution in [0.3, 0.4) is 0 Å². The van der Waals surface area contributed by atoms with Crippen molar-refractivity contribution in [2.24, 2.45) is 5.10 Å². The van der Waals surface area contributed by atoms with Crippen molar-refractivity contribution in [3.63, 3.8) is 0 Å². The van der Waals surface area contributed by atoms with Crippen LogP contribution in [-0.4, -0.2) is 20.8 Å². The summed E-state index contributed by atoms with van der Waals surface area (Å²) in [6, 6.07) is 26.6. The van der Waals surface area contributed by atoms with Gasteiger partial charge in [-0.15, -0.1) is 0 Å². The van der Waals surface area contributed by atoms with E-state index in [4.69, 9.17) is 16.3 Å². The fourth-order valence-corrected chi connectivity index (χ4v) is 4.20. The van der Waals surface area contributed by atoms with Crippen LogP contribution in [0.25, 0.3) is 22.3 Å². The molecule has 0 N–H and O–H groups in total. The predicted molar refractivity (Wildman–Crippen MR) is 148 cm³/mol. The highest BCUT2D eigenvalue weighted by atomic mass is 35.5. The lowest BCUT2D eigenvalue weighted by Crippen LogP contribution is -2.20. The topological polar surface area (TPSA) is 99.6 Å². The molecule has 38 heavy (non-hydrogen) atoms. The molecule has 1 heterocycles. The number of nitro groups is 1. The average Bonchev–Trinajstić information content (AvgIpc) is 2.93. The van der Waals surface area contributed by atoms with Crippen molar-refractivity contribution in [3.8, 4) is 17.1 Å². The maximum Gasteiger partial charge on any atom is 0.313 e. The molecule has 0 atom stereocenters. The number of nitrogens with zero attached hydrogens (tertiary/aromatic N) is 4. The molecule has 0 amide bonds. The van der Waals surface area contributed by atoms with Gasteiger partial charge in [0.2, 0.25) is 5.75 Å². The van der Waals surface area contributed by atoms with Gasteiger partial charge in [0.05, 0.1) is 27.1 Å². The first-order valence-electron chi connectivity index (χ1n) is 11.7. The number of hydrogen-bond donors (Lipinski definition) is 0. The molecule has 1 aromatic heterocycles. The Morgan fingerprint density at radius 1 is 1.03 bits per heavy atom. The van der Waals surface area contributed by atoms with E-state index < -0.39 is 4.92 Å². The summed E-state index contributed by atoms with van der Waals surface area (Å²) in [5, 5.41) is 16.7. The van der Waals surface area contributed by atoms with Crippen LogP contribution in [0.15, 0.2) is 101 Å². The Hall–Kier alpha value is -4.82. The number of rotatable bonds is 7. The lowest BCUT2D eigenvalue weighted by molar-refractivity contribution is -0.385. The molecule has 4 aromatic carbocycles. The van der Waals surface area contributed by atoms with E-state index in [0.717, 1.165) is 11.1 Å². The van der Waals surface area contributed by atoms with Gasteiger partial charge >= 0.3 is 5.69 Å². The zero-order chi connectivity index (χ0) is 26.6. The van der Waals surface area contributed by atoms with E-state index in [1.54, 1.807) is 24.3 Å². The number of halogens is 1. The lowest BCUT2D eigenvalue weighted by atomic mass is 10.1. The Labute approximate surface area is 222 Å². The summed E-state index contributed by atoms with van der Waals surface area (Å²) in [4.78, 5) is 29.3. The van der Waals surface area contributed by atoms with Crippen molar-refractivity contribution in [2.45, 2.75) is 13.5 Å². The molecule has 0 radical (unpaired) electrons. The minimum atomic E-state index is -0.563. The Balaban J connectivity index is 1.54. The summed E-state index contributed by atoms with van der Waals surface area (Å²) in [6.45, 7) is 2.09. The van der Waals surface area contributed by atoms with Crippen molar-refractivity contribution < 1.29 is 9.66 Å².